The number of nitrogens with one attached hydrogen (secondary N) is 1. The largest absolute Gasteiger partial charge is 0.396 e. The SMILES string of the molecule is Nc1cc(Cl)cc(S(=O)(=O)NCc2cscn2)c1F. The van der Waals surface area contributed by atoms with Crippen molar-refractivity contribution in [3.05, 3.63) is 39.6 Å². The lowest BCUT2D eigenvalue weighted by atomic mass is 10.3. The molecule has 0 atom stereocenters. The predicted octanol–water partition coefficient (Wildman–Crippen LogP) is 2.00. The zero-order chi connectivity index (χ0) is 14.0. The molecule has 0 spiro atoms. The van der Waals surface area contributed by atoms with Crippen LogP contribution in [0.2, 0.25) is 5.02 Å². The Bertz CT molecular complexity index is 689. The van der Waals surface area contributed by atoms with Gasteiger partial charge in [-0.2, -0.15) is 0 Å². The van der Waals surface area contributed by atoms with Crippen molar-refractivity contribution in [3.63, 3.8) is 0 Å². The van der Waals surface area contributed by atoms with Crippen molar-refractivity contribution in [2.24, 2.45) is 0 Å². The number of nitrogen functional groups attached to an aromatic ring is 1. The van der Waals surface area contributed by atoms with Crippen molar-refractivity contribution in [2.75, 3.05) is 5.73 Å². The molecule has 0 saturated carbocycles. The third-order valence-corrected chi connectivity index (χ3v) is 4.50. The molecular weight excluding hydrogens is 313 g/mol. The number of hydrogen-bond donors (Lipinski definition) is 2. The first kappa shape index (κ1) is 14.2. The lowest BCUT2D eigenvalue weighted by molar-refractivity contribution is 0.558. The van der Waals surface area contributed by atoms with Gasteiger partial charge in [0.25, 0.3) is 0 Å². The van der Waals surface area contributed by atoms with Gasteiger partial charge in [-0.3, -0.25) is 0 Å². The van der Waals surface area contributed by atoms with Crippen molar-refractivity contribution in [2.45, 2.75) is 11.4 Å². The van der Waals surface area contributed by atoms with Gasteiger partial charge >= 0.3 is 0 Å². The summed E-state index contributed by atoms with van der Waals surface area (Å²) in [5.41, 5.74) is 7.14. The summed E-state index contributed by atoms with van der Waals surface area (Å²) in [5.74, 6) is -1.02. The van der Waals surface area contributed by atoms with Gasteiger partial charge < -0.3 is 5.73 Å². The van der Waals surface area contributed by atoms with E-state index in [0.717, 1.165) is 12.1 Å². The molecule has 0 saturated heterocycles. The summed E-state index contributed by atoms with van der Waals surface area (Å²) in [4.78, 5) is 3.34. The first-order valence-electron chi connectivity index (χ1n) is 5.01. The van der Waals surface area contributed by atoms with Gasteiger partial charge in [0.15, 0.2) is 5.82 Å². The Hall–Kier alpha value is -1.22. The second kappa shape index (κ2) is 5.41. The van der Waals surface area contributed by atoms with Crippen LogP contribution in [-0.2, 0) is 16.6 Å². The van der Waals surface area contributed by atoms with E-state index in [-0.39, 0.29) is 17.3 Å². The summed E-state index contributed by atoms with van der Waals surface area (Å²) in [6, 6.07) is 2.16. The summed E-state index contributed by atoms with van der Waals surface area (Å²) in [6.07, 6.45) is 0. The van der Waals surface area contributed by atoms with E-state index in [2.05, 4.69) is 9.71 Å². The Morgan fingerprint density at radius 2 is 2.21 bits per heavy atom. The van der Waals surface area contributed by atoms with Gasteiger partial charge in [-0.05, 0) is 12.1 Å². The Morgan fingerprint density at radius 3 is 2.84 bits per heavy atom. The highest BCUT2D eigenvalue weighted by atomic mass is 35.5. The monoisotopic (exact) mass is 321 g/mol. The van der Waals surface area contributed by atoms with Crippen LogP contribution in [0.25, 0.3) is 0 Å². The highest BCUT2D eigenvalue weighted by Gasteiger charge is 2.21. The van der Waals surface area contributed by atoms with E-state index in [1.165, 1.54) is 11.3 Å². The molecule has 0 unspecified atom stereocenters. The summed E-state index contributed by atoms with van der Waals surface area (Å²) in [7, 11) is -4.04. The van der Waals surface area contributed by atoms with Crippen molar-refractivity contribution >= 4 is 38.6 Å². The number of nitrogens with zero attached hydrogens (tertiary/aromatic N) is 1. The topological polar surface area (TPSA) is 85.1 Å². The molecule has 2 rings (SSSR count). The van der Waals surface area contributed by atoms with Gasteiger partial charge in [0.2, 0.25) is 10.0 Å². The Morgan fingerprint density at radius 1 is 1.47 bits per heavy atom. The van der Waals surface area contributed by atoms with Gasteiger partial charge in [0, 0.05) is 10.4 Å². The number of hydrogen-bond acceptors (Lipinski definition) is 5. The predicted molar refractivity (Wildman–Crippen MR) is 72.0 cm³/mol. The highest BCUT2D eigenvalue weighted by Crippen LogP contribution is 2.25. The fourth-order valence-electron chi connectivity index (χ4n) is 1.35. The van der Waals surface area contributed by atoms with E-state index >= 15 is 0 Å². The quantitative estimate of drug-likeness (QED) is 0.843. The highest BCUT2D eigenvalue weighted by molar-refractivity contribution is 7.89. The Balaban J connectivity index is 2.29. The molecule has 0 radical (unpaired) electrons. The number of halogens is 2. The molecule has 2 aromatic rings. The van der Waals surface area contributed by atoms with Gasteiger partial charge in [-0.25, -0.2) is 22.5 Å². The summed E-state index contributed by atoms with van der Waals surface area (Å²) in [5, 5.41) is 1.73. The molecule has 1 heterocycles. The zero-order valence-electron chi connectivity index (χ0n) is 9.43. The van der Waals surface area contributed by atoms with E-state index in [0.29, 0.717) is 5.69 Å². The molecule has 0 fully saturated rings. The fraction of sp³-hybridized carbons (Fsp3) is 0.100. The van der Waals surface area contributed by atoms with E-state index in [4.69, 9.17) is 17.3 Å². The van der Waals surface area contributed by atoms with Crippen LogP contribution < -0.4 is 10.5 Å². The molecule has 0 amide bonds. The second-order valence-corrected chi connectivity index (χ2v) is 6.50. The lowest BCUT2D eigenvalue weighted by Gasteiger charge is -2.08. The van der Waals surface area contributed by atoms with Crippen LogP contribution in [0.5, 0.6) is 0 Å². The first-order valence-corrected chi connectivity index (χ1v) is 7.82. The maximum atomic E-state index is 13.7. The molecule has 9 heteroatoms. The standard InChI is InChI=1S/C10H9ClFN3O2S2/c11-6-1-8(13)10(12)9(2-6)19(16,17)15-3-7-4-18-5-14-7/h1-2,4-5,15H,3,13H2. The molecule has 102 valence electrons. The van der Waals surface area contributed by atoms with Crippen LogP contribution in [0.15, 0.2) is 27.9 Å². The van der Waals surface area contributed by atoms with E-state index in [9.17, 15) is 12.8 Å². The van der Waals surface area contributed by atoms with Crippen LogP contribution in [0.1, 0.15) is 5.69 Å². The Kier molecular flexibility index (Phi) is 4.04. The van der Waals surface area contributed by atoms with Crippen LogP contribution in [0.3, 0.4) is 0 Å². The van der Waals surface area contributed by atoms with Crippen molar-refractivity contribution in [1.29, 1.82) is 0 Å². The van der Waals surface area contributed by atoms with Gasteiger partial charge in [0.1, 0.15) is 4.90 Å². The molecule has 5 nitrogen and oxygen atoms in total. The molecule has 3 N–H and O–H groups in total. The molecule has 0 aliphatic heterocycles. The number of thiazole rings is 1. The number of nitrogens with two attached hydrogens (primary N) is 1. The van der Waals surface area contributed by atoms with Crippen molar-refractivity contribution < 1.29 is 12.8 Å². The molecule has 1 aromatic heterocycles. The molecule has 1 aromatic carbocycles. The van der Waals surface area contributed by atoms with E-state index in [1.54, 1.807) is 10.9 Å². The van der Waals surface area contributed by atoms with Crippen LogP contribution >= 0.6 is 22.9 Å². The van der Waals surface area contributed by atoms with Crippen LogP contribution in [0, 0.1) is 5.82 Å². The van der Waals surface area contributed by atoms with Gasteiger partial charge in [0.05, 0.1) is 23.4 Å². The maximum Gasteiger partial charge on any atom is 0.243 e. The number of anilines is 1. The fourth-order valence-corrected chi connectivity index (χ4v) is 3.33. The normalized spacial score (nSPS) is 11.7. The minimum atomic E-state index is -4.04. The smallest absolute Gasteiger partial charge is 0.243 e. The van der Waals surface area contributed by atoms with Crippen LogP contribution in [0.4, 0.5) is 10.1 Å². The second-order valence-electron chi connectivity index (χ2n) is 3.61. The summed E-state index contributed by atoms with van der Waals surface area (Å²) < 4.78 is 39.9. The maximum absolute atomic E-state index is 13.7. The third-order valence-electron chi connectivity index (χ3n) is 2.25. The molecular formula is C10H9ClFN3O2S2. The molecule has 0 aliphatic rings. The van der Waals surface area contributed by atoms with Gasteiger partial charge in [-0.1, -0.05) is 11.6 Å². The Labute approximate surface area is 118 Å². The van der Waals surface area contributed by atoms with E-state index in [1.807, 2.05) is 0 Å². The third kappa shape index (κ3) is 3.21. The number of sulfonamides is 1. The average Bonchev–Trinajstić information content (AvgIpc) is 2.84. The van der Waals surface area contributed by atoms with E-state index < -0.39 is 20.7 Å². The summed E-state index contributed by atoms with van der Waals surface area (Å²) in [6.45, 7) is -0.0301. The molecule has 19 heavy (non-hydrogen) atoms. The average molecular weight is 322 g/mol. The van der Waals surface area contributed by atoms with Crippen LogP contribution in [-0.4, -0.2) is 13.4 Å². The summed E-state index contributed by atoms with van der Waals surface area (Å²) >= 11 is 7.01. The molecule has 0 bridgehead atoms. The number of rotatable bonds is 4. The number of benzene rings is 1. The van der Waals surface area contributed by atoms with Gasteiger partial charge in [-0.15, -0.1) is 11.3 Å². The lowest BCUT2D eigenvalue weighted by Crippen LogP contribution is -2.24. The minimum absolute atomic E-state index is 0.0301. The van der Waals surface area contributed by atoms with Crippen molar-refractivity contribution in [3.8, 4) is 0 Å². The minimum Gasteiger partial charge on any atom is -0.396 e. The van der Waals surface area contributed by atoms with Crippen molar-refractivity contribution in [1.82, 2.24) is 9.71 Å². The number of aromatic nitrogens is 1. The zero-order valence-corrected chi connectivity index (χ0v) is 11.8. The first-order chi connectivity index (χ1) is 8.90. The molecule has 0 aliphatic carbocycles.